The van der Waals surface area contributed by atoms with Crippen LogP contribution in [0.25, 0.3) is 0 Å². The highest BCUT2D eigenvalue weighted by Crippen LogP contribution is 2.14. The lowest BCUT2D eigenvalue weighted by Crippen LogP contribution is -2.38. The van der Waals surface area contributed by atoms with Crippen molar-refractivity contribution in [1.29, 1.82) is 0 Å². The summed E-state index contributed by atoms with van der Waals surface area (Å²) in [5.41, 5.74) is 1.03. The van der Waals surface area contributed by atoms with Gasteiger partial charge in [-0.15, -0.1) is 4.98 Å². The monoisotopic (exact) mass is 368 g/mol. The van der Waals surface area contributed by atoms with Crippen LogP contribution in [0.15, 0.2) is 24.3 Å². The predicted molar refractivity (Wildman–Crippen MR) is 88.8 cm³/mol. The number of para-hydroxylation sites is 1. The van der Waals surface area contributed by atoms with E-state index in [0.29, 0.717) is 11.3 Å². The number of ether oxygens (including phenoxy) is 2. The number of nitrogens with one attached hydrogen (secondary N) is 3. The van der Waals surface area contributed by atoms with Crippen LogP contribution in [-0.2, 0) is 10.2 Å². The molecule has 0 saturated heterocycles. The van der Waals surface area contributed by atoms with Crippen molar-refractivity contribution in [3.05, 3.63) is 29.8 Å². The topological polar surface area (TPSA) is 144 Å². The Bertz CT molecular complexity index is 851. The first-order valence-corrected chi connectivity index (χ1v) is 8.32. The Kier molecular flexibility index (Phi) is 5.54. The molecule has 0 aliphatic rings. The van der Waals surface area contributed by atoms with E-state index in [1.807, 2.05) is 0 Å². The molecule has 0 radical (unpaired) electrons. The highest BCUT2D eigenvalue weighted by molar-refractivity contribution is 7.91. The van der Waals surface area contributed by atoms with Crippen molar-refractivity contribution in [3.8, 4) is 12.0 Å². The third kappa shape index (κ3) is 5.17. The van der Waals surface area contributed by atoms with Gasteiger partial charge in [-0.05, 0) is 18.6 Å². The van der Waals surface area contributed by atoms with Crippen LogP contribution in [0, 0.1) is 6.92 Å². The van der Waals surface area contributed by atoms with E-state index in [2.05, 4.69) is 25.0 Å². The van der Waals surface area contributed by atoms with Gasteiger partial charge in [0.05, 0.1) is 19.9 Å². The fourth-order valence-corrected chi connectivity index (χ4v) is 2.55. The number of benzene rings is 1. The molecule has 1 heterocycles. The standard InChI is InChI=1S/C13H16N6O5S/c1-8-6-4-5-7-9(8)18-25(21,22)19-11(20)14-10-15-12(23-2)17-13(16-10)24-3/h4-7,18H,1-3H3,(H2,14,15,16,17,19,20). The molecule has 25 heavy (non-hydrogen) atoms. The number of anilines is 2. The van der Waals surface area contributed by atoms with Crippen molar-refractivity contribution in [2.45, 2.75) is 6.92 Å². The minimum absolute atomic E-state index is 0.108. The van der Waals surface area contributed by atoms with Crippen LogP contribution in [0.5, 0.6) is 12.0 Å². The van der Waals surface area contributed by atoms with Gasteiger partial charge in [0.2, 0.25) is 5.95 Å². The Balaban J connectivity index is 2.08. The second kappa shape index (κ2) is 7.61. The van der Waals surface area contributed by atoms with Crippen molar-refractivity contribution >= 4 is 27.9 Å². The highest BCUT2D eigenvalue weighted by atomic mass is 32.2. The van der Waals surface area contributed by atoms with Crippen molar-refractivity contribution in [2.75, 3.05) is 24.3 Å². The van der Waals surface area contributed by atoms with Gasteiger partial charge in [-0.2, -0.15) is 18.4 Å². The highest BCUT2D eigenvalue weighted by Gasteiger charge is 2.17. The maximum atomic E-state index is 12.0. The Morgan fingerprint density at radius 1 is 1.04 bits per heavy atom. The zero-order valence-corrected chi connectivity index (χ0v) is 14.4. The molecule has 0 fully saturated rings. The van der Waals surface area contributed by atoms with Crippen LogP contribution in [0.3, 0.4) is 0 Å². The van der Waals surface area contributed by atoms with Gasteiger partial charge in [0.1, 0.15) is 0 Å². The lowest BCUT2D eigenvalue weighted by molar-refractivity contribution is 0.256. The molecule has 134 valence electrons. The average molecular weight is 368 g/mol. The maximum absolute atomic E-state index is 12.0. The summed E-state index contributed by atoms with van der Waals surface area (Å²) in [5, 5.41) is 2.16. The first-order valence-electron chi connectivity index (χ1n) is 6.84. The molecule has 3 N–H and O–H groups in total. The molecule has 12 heteroatoms. The van der Waals surface area contributed by atoms with Crippen molar-refractivity contribution in [2.24, 2.45) is 0 Å². The van der Waals surface area contributed by atoms with Crippen LogP contribution in [-0.4, -0.2) is 43.6 Å². The lowest BCUT2D eigenvalue weighted by atomic mass is 10.2. The molecule has 1 aromatic heterocycles. The summed E-state index contributed by atoms with van der Waals surface area (Å²) >= 11 is 0. The lowest BCUT2D eigenvalue weighted by Gasteiger charge is -2.11. The molecule has 2 aromatic rings. The molecule has 0 unspecified atom stereocenters. The molecule has 2 amide bonds. The van der Waals surface area contributed by atoms with Gasteiger partial charge < -0.3 is 9.47 Å². The zero-order valence-electron chi connectivity index (χ0n) is 13.6. The number of rotatable bonds is 6. The van der Waals surface area contributed by atoms with Gasteiger partial charge in [-0.25, -0.2) is 9.52 Å². The first kappa shape index (κ1) is 18.2. The Labute approximate surface area is 144 Å². The summed E-state index contributed by atoms with van der Waals surface area (Å²) in [4.78, 5) is 23.1. The van der Waals surface area contributed by atoms with E-state index in [-0.39, 0.29) is 18.0 Å². The summed E-state index contributed by atoms with van der Waals surface area (Å²) < 4.78 is 37.7. The van der Waals surface area contributed by atoms with E-state index in [4.69, 9.17) is 9.47 Å². The number of aromatic nitrogens is 3. The van der Waals surface area contributed by atoms with Crippen molar-refractivity contribution in [1.82, 2.24) is 19.7 Å². The number of aryl methyl sites for hydroxylation is 1. The number of hydrogen-bond acceptors (Lipinski definition) is 8. The number of urea groups is 1. The number of carbonyl (C=O) groups excluding carboxylic acids is 1. The molecule has 0 aliphatic heterocycles. The predicted octanol–water partition coefficient (Wildman–Crippen LogP) is 0.676. The van der Waals surface area contributed by atoms with E-state index in [0.717, 1.165) is 0 Å². The van der Waals surface area contributed by atoms with Gasteiger partial charge in [0, 0.05) is 0 Å². The number of carbonyl (C=O) groups is 1. The van der Waals surface area contributed by atoms with Crippen LogP contribution in [0.1, 0.15) is 5.56 Å². The Morgan fingerprint density at radius 3 is 2.20 bits per heavy atom. The number of nitrogens with zero attached hydrogens (tertiary/aromatic N) is 3. The quantitative estimate of drug-likeness (QED) is 0.675. The summed E-state index contributed by atoms with van der Waals surface area (Å²) in [5.74, 6) is -0.243. The molecule has 0 aliphatic carbocycles. The SMILES string of the molecule is COc1nc(NC(=O)NS(=O)(=O)Nc2ccccc2C)nc(OC)n1. The molecule has 11 nitrogen and oxygen atoms in total. The van der Waals surface area contributed by atoms with E-state index < -0.39 is 16.2 Å². The third-order valence-corrected chi connectivity index (χ3v) is 3.74. The van der Waals surface area contributed by atoms with Gasteiger partial charge in [0.15, 0.2) is 0 Å². The summed E-state index contributed by atoms with van der Waals surface area (Å²) in [6, 6.07) is 5.42. The molecule has 0 bridgehead atoms. The van der Waals surface area contributed by atoms with Gasteiger partial charge in [-0.1, -0.05) is 18.2 Å². The van der Waals surface area contributed by atoms with Crippen LogP contribution >= 0.6 is 0 Å². The Hall–Kier alpha value is -3.15. The number of amides is 2. The Morgan fingerprint density at radius 2 is 1.64 bits per heavy atom. The van der Waals surface area contributed by atoms with E-state index in [1.54, 1.807) is 35.9 Å². The minimum atomic E-state index is -4.15. The summed E-state index contributed by atoms with van der Waals surface area (Å²) in [6.45, 7) is 1.72. The molecular formula is C13H16N6O5S. The molecule has 0 atom stereocenters. The van der Waals surface area contributed by atoms with E-state index in [1.165, 1.54) is 14.2 Å². The largest absolute Gasteiger partial charge is 0.467 e. The second-order valence-corrected chi connectivity index (χ2v) is 6.02. The smallest absolute Gasteiger partial charge is 0.336 e. The fraction of sp³-hybridized carbons (Fsp3) is 0.231. The molecule has 0 saturated carbocycles. The molecule has 2 rings (SSSR count). The normalized spacial score (nSPS) is 10.7. The first-order chi connectivity index (χ1) is 11.8. The van der Waals surface area contributed by atoms with Crippen LogP contribution in [0.2, 0.25) is 0 Å². The number of methoxy groups -OCH3 is 2. The van der Waals surface area contributed by atoms with Gasteiger partial charge in [-0.3, -0.25) is 10.0 Å². The van der Waals surface area contributed by atoms with Gasteiger partial charge >= 0.3 is 28.3 Å². The van der Waals surface area contributed by atoms with Gasteiger partial charge in [0.25, 0.3) is 0 Å². The van der Waals surface area contributed by atoms with Crippen molar-refractivity contribution in [3.63, 3.8) is 0 Å². The van der Waals surface area contributed by atoms with Crippen LogP contribution in [0.4, 0.5) is 16.4 Å². The summed E-state index contributed by atoms with van der Waals surface area (Å²) in [7, 11) is -1.52. The van der Waals surface area contributed by atoms with E-state index >= 15 is 0 Å². The third-order valence-electron chi connectivity index (χ3n) is 2.80. The number of hydrogen-bond donors (Lipinski definition) is 3. The van der Waals surface area contributed by atoms with Crippen molar-refractivity contribution < 1.29 is 22.7 Å². The fourth-order valence-electron chi connectivity index (χ4n) is 1.68. The van der Waals surface area contributed by atoms with Crippen LogP contribution < -0.4 is 24.2 Å². The van der Waals surface area contributed by atoms with E-state index in [9.17, 15) is 13.2 Å². The molecule has 0 spiro atoms. The second-order valence-electron chi connectivity index (χ2n) is 4.61. The maximum Gasteiger partial charge on any atom is 0.336 e. The summed E-state index contributed by atoms with van der Waals surface area (Å²) in [6.07, 6.45) is 0. The minimum Gasteiger partial charge on any atom is -0.467 e. The average Bonchev–Trinajstić information content (AvgIpc) is 2.55. The zero-order chi connectivity index (χ0) is 18.4. The molecular weight excluding hydrogens is 352 g/mol. The molecule has 1 aromatic carbocycles.